The molecule has 0 aliphatic carbocycles. The third kappa shape index (κ3) is 3.78. The molecule has 138 valence electrons. The van der Waals surface area contributed by atoms with Crippen LogP contribution in [0, 0.1) is 6.92 Å². The molecule has 2 heterocycles. The van der Waals surface area contributed by atoms with Gasteiger partial charge in [0.1, 0.15) is 0 Å². The Morgan fingerprint density at radius 3 is 2.93 bits per heavy atom. The molecule has 0 bridgehead atoms. The number of benzene rings is 2. The largest absolute Gasteiger partial charge is 0.454 e. The molecule has 4 rings (SSSR count). The summed E-state index contributed by atoms with van der Waals surface area (Å²) in [6, 6.07) is 13.5. The number of nitrogens with one attached hydrogen (secondary N) is 1. The number of imidazole rings is 1. The molecule has 1 atom stereocenters. The molecule has 3 aromatic rings. The normalized spacial score (nSPS) is 13.4. The van der Waals surface area contributed by atoms with E-state index in [9.17, 15) is 4.79 Å². The molecule has 0 saturated heterocycles. The third-order valence-corrected chi connectivity index (χ3v) is 5.26. The van der Waals surface area contributed by atoms with Crippen LogP contribution >= 0.6 is 11.8 Å². The Bertz CT molecular complexity index is 986. The van der Waals surface area contributed by atoms with Crippen molar-refractivity contribution in [2.75, 3.05) is 12.1 Å². The topological polar surface area (TPSA) is 65.4 Å². The molecule has 2 aromatic carbocycles. The number of ether oxygens (including phenoxy) is 2. The molecule has 0 saturated carbocycles. The van der Waals surface area contributed by atoms with E-state index in [1.165, 1.54) is 17.3 Å². The third-order valence-electron chi connectivity index (χ3n) is 4.18. The first-order valence-corrected chi connectivity index (χ1v) is 9.46. The number of rotatable bonds is 5. The standard InChI is InChI=1S/C20H19N3O3S/c1-13-4-3-5-16(10-13)23-9-8-21-20(23)27-14(2)19(24)22-15-6-7-17-18(11-15)26-12-25-17/h3-11,14H,12H2,1-2H3,(H,22,24). The maximum absolute atomic E-state index is 12.6. The van der Waals surface area contributed by atoms with E-state index >= 15 is 0 Å². The second-order valence-corrected chi connectivity index (χ2v) is 7.54. The van der Waals surface area contributed by atoms with Gasteiger partial charge in [0, 0.05) is 29.8 Å². The van der Waals surface area contributed by atoms with Gasteiger partial charge in [-0.2, -0.15) is 0 Å². The van der Waals surface area contributed by atoms with Gasteiger partial charge in [-0.05, 0) is 43.7 Å². The summed E-state index contributed by atoms with van der Waals surface area (Å²) >= 11 is 1.41. The molecule has 27 heavy (non-hydrogen) atoms. The Balaban J connectivity index is 1.46. The minimum absolute atomic E-state index is 0.0994. The fraction of sp³-hybridized carbons (Fsp3) is 0.200. The number of hydrogen-bond acceptors (Lipinski definition) is 5. The Labute approximate surface area is 161 Å². The van der Waals surface area contributed by atoms with Crippen LogP contribution in [0.3, 0.4) is 0 Å². The van der Waals surface area contributed by atoms with E-state index in [2.05, 4.69) is 29.4 Å². The molecule has 0 fully saturated rings. The van der Waals surface area contributed by atoms with Crippen molar-refractivity contribution in [1.29, 1.82) is 0 Å². The van der Waals surface area contributed by atoms with Crippen molar-refractivity contribution in [3.05, 3.63) is 60.4 Å². The second-order valence-electron chi connectivity index (χ2n) is 6.24. The van der Waals surface area contributed by atoms with Crippen LogP contribution in [-0.2, 0) is 4.79 Å². The lowest BCUT2D eigenvalue weighted by Crippen LogP contribution is -2.22. The van der Waals surface area contributed by atoms with E-state index in [0.717, 1.165) is 10.8 Å². The fourth-order valence-electron chi connectivity index (χ4n) is 2.78. The summed E-state index contributed by atoms with van der Waals surface area (Å²) in [5.74, 6) is 1.23. The van der Waals surface area contributed by atoms with Crippen molar-refractivity contribution in [3.8, 4) is 17.2 Å². The van der Waals surface area contributed by atoms with Gasteiger partial charge in [0.25, 0.3) is 0 Å². The molecule has 1 amide bonds. The molecular formula is C20H19N3O3S. The van der Waals surface area contributed by atoms with Gasteiger partial charge >= 0.3 is 0 Å². The summed E-state index contributed by atoms with van der Waals surface area (Å²) < 4.78 is 12.6. The number of amides is 1. The Hall–Kier alpha value is -2.93. The van der Waals surface area contributed by atoms with Crippen molar-refractivity contribution in [3.63, 3.8) is 0 Å². The van der Waals surface area contributed by atoms with Gasteiger partial charge in [0.05, 0.1) is 5.25 Å². The van der Waals surface area contributed by atoms with Gasteiger partial charge in [-0.1, -0.05) is 23.9 Å². The highest BCUT2D eigenvalue weighted by atomic mass is 32.2. The van der Waals surface area contributed by atoms with Crippen LogP contribution in [0.2, 0.25) is 0 Å². The van der Waals surface area contributed by atoms with E-state index in [1.54, 1.807) is 24.4 Å². The summed E-state index contributed by atoms with van der Waals surface area (Å²) in [5, 5.41) is 3.37. The number of hydrogen-bond donors (Lipinski definition) is 1. The number of thioether (sulfide) groups is 1. The predicted octanol–water partition coefficient (Wildman–Crippen LogP) is 4.03. The highest BCUT2D eigenvalue weighted by Gasteiger charge is 2.19. The summed E-state index contributed by atoms with van der Waals surface area (Å²) in [4.78, 5) is 17.0. The first kappa shape index (κ1) is 17.5. The Morgan fingerprint density at radius 2 is 2.07 bits per heavy atom. The summed E-state index contributed by atoms with van der Waals surface area (Å²) in [5.41, 5.74) is 2.88. The predicted molar refractivity (Wildman–Crippen MR) is 105 cm³/mol. The van der Waals surface area contributed by atoms with Crippen molar-refractivity contribution in [1.82, 2.24) is 9.55 Å². The van der Waals surface area contributed by atoms with Crippen LogP contribution in [0.4, 0.5) is 5.69 Å². The maximum Gasteiger partial charge on any atom is 0.237 e. The SMILES string of the molecule is Cc1cccc(-n2ccnc2SC(C)C(=O)Nc2ccc3c(c2)OCO3)c1. The lowest BCUT2D eigenvalue weighted by atomic mass is 10.2. The summed E-state index contributed by atoms with van der Waals surface area (Å²) in [6.45, 7) is 4.12. The van der Waals surface area contributed by atoms with E-state index in [0.29, 0.717) is 17.2 Å². The number of aromatic nitrogens is 2. The Kier molecular flexibility index (Phi) is 4.77. The quantitative estimate of drug-likeness (QED) is 0.676. The van der Waals surface area contributed by atoms with E-state index in [4.69, 9.17) is 9.47 Å². The minimum Gasteiger partial charge on any atom is -0.454 e. The second kappa shape index (κ2) is 7.36. The number of carbonyl (C=O) groups is 1. The number of fused-ring (bicyclic) bond motifs is 1. The van der Waals surface area contributed by atoms with E-state index < -0.39 is 0 Å². The lowest BCUT2D eigenvalue weighted by molar-refractivity contribution is -0.115. The zero-order valence-corrected chi connectivity index (χ0v) is 15.8. The number of nitrogens with zero attached hydrogens (tertiary/aromatic N) is 2. The minimum atomic E-state index is -0.318. The first-order valence-electron chi connectivity index (χ1n) is 8.58. The van der Waals surface area contributed by atoms with Crippen molar-refractivity contribution >= 4 is 23.4 Å². The van der Waals surface area contributed by atoms with Crippen molar-refractivity contribution in [2.45, 2.75) is 24.3 Å². The molecule has 7 heteroatoms. The smallest absolute Gasteiger partial charge is 0.237 e. The van der Waals surface area contributed by atoms with Crippen LogP contribution in [0.25, 0.3) is 5.69 Å². The summed E-state index contributed by atoms with van der Waals surface area (Å²) in [6.07, 6.45) is 3.65. The van der Waals surface area contributed by atoms with Crippen molar-refractivity contribution in [2.24, 2.45) is 0 Å². The average molecular weight is 381 g/mol. The number of aryl methyl sites for hydroxylation is 1. The van der Waals surface area contributed by atoms with Gasteiger partial charge in [-0.15, -0.1) is 0 Å². The zero-order valence-electron chi connectivity index (χ0n) is 15.0. The average Bonchev–Trinajstić information content (AvgIpc) is 3.30. The van der Waals surface area contributed by atoms with Gasteiger partial charge in [0.15, 0.2) is 16.7 Å². The first-order chi connectivity index (χ1) is 13.1. The highest BCUT2D eigenvalue weighted by molar-refractivity contribution is 8.00. The molecule has 1 unspecified atom stereocenters. The van der Waals surface area contributed by atoms with Crippen LogP contribution in [0.5, 0.6) is 11.5 Å². The molecular weight excluding hydrogens is 362 g/mol. The van der Waals surface area contributed by atoms with Gasteiger partial charge in [-0.25, -0.2) is 4.98 Å². The lowest BCUT2D eigenvalue weighted by Gasteiger charge is -2.13. The van der Waals surface area contributed by atoms with Crippen LogP contribution in [-0.4, -0.2) is 27.5 Å². The molecule has 1 N–H and O–H groups in total. The molecule has 0 radical (unpaired) electrons. The Morgan fingerprint density at radius 1 is 1.22 bits per heavy atom. The monoisotopic (exact) mass is 381 g/mol. The van der Waals surface area contributed by atoms with Crippen LogP contribution < -0.4 is 14.8 Å². The molecule has 0 spiro atoms. The highest BCUT2D eigenvalue weighted by Crippen LogP contribution is 2.34. The molecule has 1 aliphatic rings. The molecule has 1 aliphatic heterocycles. The van der Waals surface area contributed by atoms with Gasteiger partial charge in [0.2, 0.25) is 12.7 Å². The van der Waals surface area contributed by atoms with Gasteiger partial charge < -0.3 is 14.8 Å². The summed E-state index contributed by atoms with van der Waals surface area (Å²) in [7, 11) is 0. The number of carbonyl (C=O) groups excluding carboxylic acids is 1. The van der Waals surface area contributed by atoms with Crippen LogP contribution in [0.15, 0.2) is 60.0 Å². The molecule has 1 aromatic heterocycles. The van der Waals surface area contributed by atoms with Gasteiger partial charge in [-0.3, -0.25) is 9.36 Å². The van der Waals surface area contributed by atoms with E-state index in [1.807, 2.05) is 29.8 Å². The van der Waals surface area contributed by atoms with Crippen LogP contribution in [0.1, 0.15) is 12.5 Å². The molecule has 6 nitrogen and oxygen atoms in total. The van der Waals surface area contributed by atoms with E-state index in [-0.39, 0.29) is 18.0 Å². The fourth-order valence-corrected chi connectivity index (χ4v) is 3.66. The van der Waals surface area contributed by atoms with Crippen molar-refractivity contribution < 1.29 is 14.3 Å². The number of anilines is 1. The maximum atomic E-state index is 12.6. The zero-order chi connectivity index (χ0) is 18.8.